The summed E-state index contributed by atoms with van der Waals surface area (Å²) >= 11 is 0. The fourth-order valence-corrected chi connectivity index (χ4v) is 2.62. The van der Waals surface area contributed by atoms with E-state index in [0.717, 1.165) is 38.5 Å². The van der Waals surface area contributed by atoms with Crippen molar-refractivity contribution in [3.8, 4) is 0 Å². The number of hydrogen-bond acceptors (Lipinski definition) is 5. The van der Waals surface area contributed by atoms with E-state index in [1.807, 2.05) is 0 Å². The summed E-state index contributed by atoms with van der Waals surface area (Å²) in [6.07, 6.45) is 5.87. The molecule has 0 spiro atoms. The van der Waals surface area contributed by atoms with E-state index in [4.69, 9.17) is 18.4 Å². The van der Waals surface area contributed by atoms with Crippen molar-refractivity contribution >= 4 is 9.05 Å². The van der Waals surface area contributed by atoms with Crippen LogP contribution in [0.15, 0.2) is 0 Å². The zero-order valence-corrected chi connectivity index (χ0v) is 19.5. The normalized spacial score (nSPS) is 10.6. The third kappa shape index (κ3) is 36.4. The predicted octanol–water partition coefficient (Wildman–Crippen LogP) is 1.99. The molecule has 0 aromatic carbocycles. The summed E-state index contributed by atoms with van der Waals surface area (Å²) in [5.74, 6) is 0. The summed E-state index contributed by atoms with van der Waals surface area (Å²) in [6.45, 7) is 13.0. The van der Waals surface area contributed by atoms with Crippen molar-refractivity contribution in [3.63, 3.8) is 0 Å². The molecule has 7 nitrogen and oxygen atoms in total. The van der Waals surface area contributed by atoms with Crippen LogP contribution < -0.4 is 0 Å². The van der Waals surface area contributed by atoms with Crippen LogP contribution in [0.5, 0.6) is 0 Å². The van der Waals surface area contributed by atoms with Gasteiger partial charge in [0, 0.05) is 41.5 Å². The van der Waals surface area contributed by atoms with Gasteiger partial charge in [0.15, 0.2) is 0 Å². The van der Waals surface area contributed by atoms with Gasteiger partial charge in [-0.05, 0) is 40.0 Å². The maximum absolute atomic E-state index is 10.2. The van der Waals surface area contributed by atoms with Crippen LogP contribution in [0.2, 0.25) is 0 Å². The Balaban J connectivity index is -0.000000147. The van der Waals surface area contributed by atoms with E-state index >= 15 is 0 Å². The summed E-state index contributed by atoms with van der Waals surface area (Å²) in [7, 11) is -3.36. The molecule has 0 aliphatic heterocycles. The molecule has 9 heteroatoms. The van der Waals surface area contributed by atoms with Crippen molar-refractivity contribution < 1.29 is 55.9 Å². The van der Waals surface area contributed by atoms with Gasteiger partial charge in [-0.15, -0.1) is 0 Å². The third-order valence-corrected chi connectivity index (χ3v) is 4.05. The van der Waals surface area contributed by atoms with Crippen LogP contribution in [0, 0.1) is 0 Å². The predicted molar refractivity (Wildman–Crippen MR) is 99.8 cm³/mol. The smallest absolute Gasteiger partial charge is 0.412 e. The van der Waals surface area contributed by atoms with Crippen molar-refractivity contribution in [2.75, 3.05) is 19.8 Å². The first-order chi connectivity index (χ1) is 10.2. The van der Waals surface area contributed by atoms with Crippen LogP contribution in [-0.4, -0.2) is 55.3 Å². The van der Waals surface area contributed by atoms with Gasteiger partial charge in [-0.25, -0.2) is 0 Å². The van der Waals surface area contributed by atoms with Crippen LogP contribution in [0.4, 0.5) is 0 Å². The van der Waals surface area contributed by atoms with Gasteiger partial charge in [0.1, 0.15) is 0 Å². The largest absolute Gasteiger partial charge is 0.676 e. The van der Waals surface area contributed by atoms with Crippen molar-refractivity contribution in [1.82, 2.24) is 0 Å². The molecule has 0 amide bonds. The molecule has 0 atom stereocenters. The topological polar surface area (TPSA) is 131 Å². The molecule has 0 fully saturated rings. The van der Waals surface area contributed by atoms with E-state index < -0.39 is 14.6 Å². The summed E-state index contributed by atoms with van der Waals surface area (Å²) in [4.78, 5) is 10.2. The summed E-state index contributed by atoms with van der Waals surface area (Å²) < 4.78 is 16.2. The molecular weight excluding hydrogens is 380 g/mol. The maximum atomic E-state index is 10.2. The standard InChI is InChI=1S/C12H28O4Si.C4H10O.2H2O.Ti/c1-4-7-10-14-17(13,15-11-8-5-2)16-12-9-6-3;1-4(2,3)5;;;/h13H,4-12H2,1-3H3;5H,1-3H3;2*1H2;. The molecule has 0 unspecified atom stereocenters. The first-order valence-electron chi connectivity index (χ1n) is 8.55. The molecule has 0 saturated carbocycles. The van der Waals surface area contributed by atoms with Gasteiger partial charge in [-0.2, -0.15) is 0 Å². The van der Waals surface area contributed by atoms with Crippen molar-refractivity contribution in [3.05, 3.63) is 0 Å². The Morgan fingerprint density at radius 3 is 1.08 bits per heavy atom. The Hall–Kier alpha value is 0.651. The van der Waals surface area contributed by atoms with E-state index in [1.165, 1.54) is 0 Å². The quantitative estimate of drug-likeness (QED) is 0.367. The van der Waals surface area contributed by atoms with Crippen molar-refractivity contribution in [1.29, 1.82) is 0 Å². The second-order valence-corrected chi connectivity index (χ2v) is 8.21. The minimum absolute atomic E-state index is 0. The average molecular weight is 422 g/mol. The van der Waals surface area contributed by atoms with Gasteiger partial charge in [-0.3, -0.25) is 0 Å². The van der Waals surface area contributed by atoms with Gasteiger partial charge in [0.25, 0.3) is 0 Å². The van der Waals surface area contributed by atoms with Gasteiger partial charge in [-0.1, -0.05) is 40.0 Å². The maximum Gasteiger partial charge on any atom is 0.676 e. The first kappa shape index (κ1) is 36.6. The van der Waals surface area contributed by atoms with Crippen molar-refractivity contribution in [2.24, 2.45) is 0 Å². The molecule has 156 valence electrons. The minimum atomic E-state index is -3.36. The van der Waals surface area contributed by atoms with E-state index in [-0.39, 0.29) is 32.7 Å². The Morgan fingerprint density at radius 1 is 0.720 bits per heavy atom. The monoisotopic (exact) mass is 422 g/mol. The van der Waals surface area contributed by atoms with Crippen LogP contribution in [0.25, 0.3) is 0 Å². The number of hydrogen-bond donors (Lipinski definition) is 2. The zero-order chi connectivity index (χ0) is 17.5. The molecule has 0 saturated heterocycles. The van der Waals surface area contributed by atoms with E-state index in [2.05, 4.69) is 20.8 Å². The molecule has 0 aromatic rings. The fourth-order valence-electron chi connectivity index (χ4n) is 1.16. The van der Waals surface area contributed by atoms with Crippen molar-refractivity contribution in [2.45, 2.75) is 85.7 Å². The molecule has 0 bridgehead atoms. The fraction of sp³-hybridized carbons (Fsp3) is 1.00. The summed E-state index contributed by atoms with van der Waals surface area (Å²) in [5.41, 5.74) is -0.500. The Kier molecular flexibility index (Phi) is 33.2. The number of aliphatic hydroxyl groups is 1. The third-order valence-electron chi connectivity index (χ3n) is 2.35. The van der Waals surface area contributed by atoms with Gasteiger partial charge < -0.3 is 34.1 Å². The minimum Gasteiger partial charge on any atom is -0.412 e. The Morgan fingerprint density at radius 2 is 0.920 bits per heavy atom. The summed E-state index contributed by atoms with van der Waals surface area (Å²) in [5, 5.41) is 8.52. The zero-order valence-electron chi connectivity index (χ0n) is 17.0. The van der Waals surface area contributed by atoms with Gasteiger partial charge in [0.2, 0.25) is 0 Å². The van der Waals surface area contributed by atoms with E-state index in [1.54, 1.807) is 20.8 Å². The SMILES string of the molecule is CC(C)(C)O.CCCCO[Si](O)(OCCCC)OCCCC.O.O.[Ti]. The van der Waals surface area contributed by atoms with Crippen LogP contribution in [0.1, 0.15) is 80.1 Å². The van der Waals surface area contributed by atoms with Crippen LogP contribution in [0.3, 0.4) is 0 Å². The van der Waals surface area contributed by atoms with Crippen LogP contribution >= 0.6 is 0 Å². The van der Waals surface area contributed by atoms with Gasteiger partial charge in [0.05, 0.1) is 5.60 Å². The molecule has 6 N–H and O–H groups in total. The molecule has 0 heterocycles. The van der Waals surface area contributed by atoms with E-state index in [0.29, 0.717) is 19.8 Å². The molecule has 0 aliphatic rings. The molecule has 0 aliphatic carbocycles. The molecule has 0 rings (SSSR count). The molecule has 25 heavy (non-hydrogen) atoms. The average Bonchev–Trinajstić information content (AvgIpc) is 2.38. The molecular formula is C16H42O7SiTi. The first-order valence-corrected chi connectivity index (χ1v) is 10.2. The summed E-state index contributed by atoms with van der Waals surface area (Å²) in [6, 6.07) is 0. The van der Waals surface area contributed by atoms with Crippen LogP contribution in [-0.2, 0) is 35.0 Å². The Bertz CT molecular complexity index is 208. The van der Waals surface area contributed by atoms with E-state index in [9.17, 15) is 4.80 Å². The second kappa shape index (κ2) is 22.7. The Labute approximate surface area is 170 Å². The number of rotatable bonds is 12. The van der Waals surface area contributed by atoms with Gasteiger partial charge >= 0.3 is 9.05 Å². The molecule has 0 radical (unpaired) electrons. The number of unbranched alkanes of at least 4 members (excludes halogenated alkanes) is 3. The molecule has 0 aromatic heterocycles. The second-order valence-electron chi connectivity index (χ2n) is 6.30.